The van der Waals surface area contributed by atoms with Crippen LogP contribution < -0.4 is 0 Å². The van der Waals surface area contributed by atoms with Crippen LogP contribution in [0.5, 0.6) is 0 Å². The number of nitrogens with zero attached hydrogens (tertiary/aromatic N) is 2. The standard InChI is InChI=1S/C16H18N2/c1-12-15(13-8-4-3-5-9-13)17-16(18(12)2)14-10-6-7-11-14/h3-12,14-15H,1-2H3/t12-,15+/m0/s1. The molecule has 1 heterocycles. The van der Waals surface area contributed by atoms with E-state index in [-0.39, 0.29) is 6.04 Å². The molecule has 0 fully saturated rings. The summed E-state index contributed by atoms with van der Waals surface area (Å²) in [5.74, 6) is 1.53. The van der Waals surface area contributed by atoms with Crippen LogP contribution in [0, 0.1) is 5.92 Å². The van der Waals surface area contributed by atoms with Gasteiger partial charge in [-0.1, -0.05) is 54.6 Å². The van der Waals surface area contributed by atoms with Crippen LogP contribution in [0.3, 0.4) is 0 Å². The molecule has 0 saturated carbocycles. The maximum absolute atomic E-state index is 4.94. The number of benzene rings is 1. The van der Waals surface area contributed by atoms with E-state index in [1.165, 1.54) is 11.4 Å². The number of rotatable bonds is 2. The van der Waals surface area contributed by atoms with Crippen molar-refractivity contribution in [3.05, 3.63) is 60.2 Å². The average molecular weight is 238 g/mol. The molecule has 0 radical (unpaired) electrons. The van der Waals surface area contributed by atoms with E-state index >= 15 is 0 Å². The molecule has 0 saturated heterocycles. The minimum Gasteiger partial charge on any atom is -0.357 e. The summed E-state index contributed by atoms with van der Waals surface area (Å²) in [6.07, 6.45) is 8.61. The number of hydrogen-bond donors (Lipinski definition) is 0. The van der Waals surface area contributed by atoms with Gasteiger partial charge in [-0.3, -0.25) is 4.99 Å². The summed E-state index contributed by atoms with van der Waals surface area (Å²) >= 11 is 0. The Morgan fingerprint density at radius 3 is 2.39 bits per heavy atom. The molecule has 18 heavy (non-hydrogen) atoms. The molecule has 2 nitrogen and oxygen atoms in total. The zero-order valence-electron chi connectivity index (χ0n) is 10.8. The molecule has 1 aliphatic heterocycles. The van der Waals surface area contributed by atoms with Gasteiger partial charge >= 0.3 is 0 Å². The first-order valence-corrected chi connectivity index (χ1v) is 6.48. The van der Waals surface area contributed by atoms with E-state index in [1.807, 2.05) is 0 Å². The van der Waals surface area contributed by atoms with Gasteiger partial charge in [0.2, 0.25) is 0 Å². The van der Waals surface area contributed by atoms with Crippen molar-refractivity contribution >= 4 is 5.84 Å². The largest absolute Gasteiger partial charge is 0.357 e. The van der Waals surface area contributed by atoms with Crippen LogP contribution in [0.15, 0.2) is 59.6 Å². The topological polar surface area (TPSA) is 15.6 Å². The minimum absolute atomic E-state index is 0.258. The highest BCUT2D eigenvalue weighted by Crippen LogP contribution is 2.33. The summed E-state index contributed by atoms with van der Waals surface area (Å²) in [7, 11) is 2.15. The van der Waals surface area contributed by atoms with Gasteiger partial charge in [0.05, 0.1) is 18.0 Å². The molecule has 3 rings (SSSR count). The molecule has 0 amide bonds. The van der Waals surface area contributed by atoms with Gasteiger partial charge in [-0.15, -0.1) is 0 Å². The maximum Gasteiger partial charge on any atom is 0.111 e. The third-order valence-electron chi connectivity index (χ3n) is 3.89. The van der Waals surface area contributed by atoms with E-state index in [2.05, 4.69) is 73.5 Å². The van der Waals surface area contributed by atoms with Crippen molar-refractivity contribution in [2.45, 2.75) is 19.0 Å². The van der Waals surface area contributed by atoms with E-state index in [9.17, 15) is 0 Å². The second-order valence-electron chi connectivity index (χ2n) is 4.99. The first kappa shape index (κ1) is 11.3. The van der Waals surface area contributed by atoms with Gasteiger partial charge in [-0.25, -0.2) is 0 Å². The van der Waals surface area contributed by atoms with Gasteiger partial charge < -0.3 is 4.90 Å². The number of hydrogen-bond acceptors (Lipinski definition) is 2. The summed E-state index contributed by atoms with van der Waals surface area (Å²) in [6, 6.07) is 11.2. The molecule has 1 aliphatic carbocycles. The molecule has 1 aromatic carbocycles. The van der Waals surface area contributed by atoms with Crippen LogP contribution in [-0.4, -0.2) is 23.8 Å². The third kappa shape index (κ3) is 1.78. The van der Waals surface area contributed by atoms with E-state index in [4.69, 9.17) is 4.99 Å². The Balaban J connectivity index is 1.93. The highest BCUT2D eigenvalue weighted by Gasteiger charge is 2.33. The average Bonchev–Trinajstić information content (AvgIpc) is 3.01. The summed E-state index contributed by atoms with van der Waals surface area (Å²) in [6.45, 7) is 2.25. The molecule has 0 N–H and O–H groups in total. The Kier molecular flexibility index (Phi) is 2.78. The Bertz CT molecular complexity index is 501. The maximum atomic E-state index is 4.94. The molecule has 0 bridgehead atoms. The van der Waals surface area contributed by atoms with E-state index in [1.54, 1.807) is 0 Å². The predicted octanol–water partition coefficient (Wildman–Crippen LogP) is 3.20. The highest BCUT2D eigenvalue weighted by molar-refractivity contribution is 5.90. The molecule has 0 spiro atoms. The number of amidine groups is 1. The van der Waals surface area contributed by atoms with Crippen LogP contribution in [0.4, 0.5) is 0 Å². The van der Waals surface area contributed by atoms with Crippen LogP contribution in [0.1, 0.15) is 18.5 Å². The zero-order valence-corrected chi connectivity index (χ0v) is 10.8. The molecule has 0 unspecified atom stereocenters. The van der Waals surface area contributed by atoms with Gasteiger partial charge in [0.15, 0.2) is 0 Å². The van der Waals surface area contributed by atoms with Gasteiger partial charge in [0.1, 0.15) is 5.84 Å². The smallest absolute Gasteiger partial charge is 0.111 e. The Labute approximate surface area is 108 Å². The Hall–Kier alpha value is -1.83. The monoisotopic (exact) mass is 238 g/mol. The van der Waals surface area contributed by atoms with E-state index in [0.29, 0.717) is 12.0 Å². The van der Waals surface area contributed by atoms with Crippen LogP contribution in [0.2, 0.25) is 0 Å². The van der Waals surface area contributed by atoms with Gasteiger partial charge in [0.25, 0.3) is 0 Å². The van der Waals surface area contributed by atoms with Crippen molar-refractivity contribution in [1.82, 2.24) is 4.90 Å². The van der Waals surface area contributed by atoms with Crippen molar-refractivity contribution in [3.63, 3.8) is 0 Å². The lowest BCUT2D eigenvalue weighted by molar-refractivity contribution is 0.375. The molecule has 92 valence electrons. The van der Waals surface area contributed by atoms with Gasteiger partial charge in [0, 0.05) is 7.05 Å². The fourth-order valence-electron chi connectivity index (χ4n) is 2.69. The van der Waals surface area contributed by atoms with Gasteiger partial charge in [-0.05, 0) is 12.5 Å². The molecule has 2 heteroatoms. The zero-order chi connectivity index (χ0) is 12.5. The molecular formula is C16H18N2. The van der Waals surface area contributed by atoms with Crippen molar-refractivity contribution in [1.29, 1.82) is 0 Å². The number of allylic oxidation sites excluding steroid dienone is 2. The predicted molar refractivity (Wildman–Crippen MR) is 75.6 cm³/mol. The lowest BCUT2D eigenvalue weighted by atomic mass is 10.0. The fourth-order valence-corrected chi connectivity index (χ4v) is 2.69. The Morgan fingerprint density at radius 2 is 1.72 bits per heavy atom. The minimum atomic E-state index is 0.258. The third-order valence-corrected chi connectivity index (χ3v) is 3.89. The molecule has 2 aliphatic rings. The summed E-state index contributed by atoms with van der Waals surface area (Å²) in [4.78, 5) is 7.25. The van der Waals surface area contributed by atoms with Crippen molar-refractivity contribution in [2.75, 3.05) is 7.05 Å². The molecule has 0 aromatic heterocycles. The van der Waals surface area contributed by atoms with E-state index < -0.39 is 0 Å². The Morgan fingerprint density at radius 1 is 1.06 bits per heavy atom. The molecular weight excluding hydrogens is 220 g/mol. The summed E-state index contributed by atoms with van der Waals surface area (Å²) in [5.41, 5.74) is 1.30. The van der Waals surface area contributed by atoms with Crippen LogP contribution in [0.25, 0.3) is 0 Å². The normalized spacial score (nSPS) is 27.0. The van der Waals surface area contributed by atoms with Gasteiger partial charge in [-0.2, -0.15) is 0 Å². The number of likely N-dealkylation sites (N-methyl/N-ethyl adjacent to an activating group) is 1. The first-order valence-electron chi connectivity index (χ1n) is 6.48. The second kappa shape index (κ2) is 4.45. The van der Waals surface area contributed by atoms with Crippen LogP contribution in [-0.2, 0) is 0 Å². The quantitative estimate of drug-likeness (QED) is 0.772. The van der Waals surface area contributed by atoms with E-state index in [0.717, 1.165) is 0 Å². The SMILES string of the molecule is C[C@H]1[C@H](c2ccccc2)N=C(C2C=CC=C2)N1C. The lowest BCUT2D eigenvalue weighted by Crippen LogP contribution is -2.34. The molecule has 1 aromatic rings. The highest BCUT2D eigenvalue weighted by atomic mass is 15.3. The van der Waals surface area contributed by atoms with Crippen molar-refractivity contribution < 1.29 is 0 Å². The second-order valence-corrected chi connectivity index (χ2v) is 4.99. The summed E-state index contributed by atoms with van der Waals surface area (Å²) < 4.78 is 0. The first-order chi connectivity index (χ1) is 8.77. The van der Waals surface area contributed by atoms with Crippen LogP contribution >= 0.6 is 0 Å². The van der Waals surface area contributed by atoms with Crippen molar-refractivity contribution in [3.8, 4) is 0 Å². The number of aliphatic imine (C=N–C) groups is 1. The summed E-state index contributed by atoms with van der Waals surface area (Å²) in [5, 5.41) is 0. The lowest BCUT2D eigenvalue weighted by Gasteiger charge is -2.24. The fraction of sp³-hybridized carbons (Fsp3) is 0.312. The molecule has 2 atom stereocenters. The van der Waals surface area contributed by atoms with Crippen molar-refractivity contribution in [2.24, 2.45) is 10.9 Å².